The third-order valence-electron chi connectivity index (χ3n) is 23.9. The minimum atomic E-state index is -4.60. The van der Waals surface area contributed by atoms with E-state index in [1.165, 1.54) is 257 Å². The van der Waals surface area contributed by atoms with Crippen LogP contribution >= 0.6 is 15.6 Å². The fraction of sp³-hybridized carbons (Fsp3) is 1.00. The van der Waals surface area contributed by atoms with Crippen LogP contribution in [0.5, 0.6) is 0 Å². The van der Waals surface area contributed by atoms with Gasteiger partial charge in [-0.15, -0.1) is 0 Å². The van der Waals surface area contributed by atoms with Crippen molar-refractivity contribution in [2.24, 2.45) is 94.7 Å². The second kappa shape index (κ2) is 61.9. The van der Waals surface area contributed by atoms with Crippen molar-refractivity contribution in [2.75, 3.05) is 52.9 Å². The smallest absolute Gasteiger partial charge is 0.379 e. The molecule has 1 fully saturated rings. The van der Waals surface area contributed by atoms with Gasteiger partial charge >= 0.3 is 15.6 Å². The first kappa shape index (κ1) is 98.1. The summed E-state index contributed by atoms with van der Waals surface area (Å²) in [7, 11) is -9.20. The van der Waals surface area contributed by atoms with E-state index in [9.17, 15) is 28.7 Å². The summed E-state index contributed by atoms with van der Waals surface area (Å²) in [5, 5.41) is 0. The topological polar surface area (TPSA) is 170 Å². The largest absolute Gasteiger partial charge is 0.469 e. The normalized spacial score (nSPS) is 34.5. The molecule has 0 radical (unpaired) electrons. The molecule has 0 bridgehead atoms. The molecule has 0 aromatic carbocycles. The Kier molecular flexibility index (Phi) is 60.7. The molecule has 18 atom stereocenters. The Labute approximate surface area is 622 Å². The van der Waals surface area contributed by atoms with E-state index in [0.717, 1.165) is 96.7 Å². The molecule has 100 heavy (non-hydrogen) atoms. The number of hydrogen-bond acceptors (Lipinski definition) is 8. The Balaban J connectivity index is 2.66. The molecule has 0 saturated carbocycles. The number of ether oxygens (including phenoxy) is 4. The Morgan fingerprint density at radius 1 is 0.230 bits per heavy atom. The minimum Gasteiger partial charge on any atom is -0.379 e. The molecule has 0 aromatic heterocycles. The summed E-state index contributed by atoms with van der Waals surface area (Å²) in [5.41, 5.74) is 0. The van der Waals surface area contributed by atoms with Gasteiger partial charge in [0.25, 0.3) is 0 Å². The van der Waals surface area contributed by atoms with Gasteiger partial charge in [0.15, 0.2) is 0 Å². The van der Waals surface area contributed by atoms with Crippen molar-refractivity contribution in [2.45, 2.75) is 406 Å². The second-order valence-corrected chi connectivity index (χ2v) is 38.3. The van der Waals surface area contributed by atoms with Crippen LogP contribution < -0.4 is 0 Å². The van der Waals surface area contributed by atoms with Gasteiger partial charge in [0.05, 0.1) is 26.4 Å². The maximum absolute atomic E-state index is 11.6. The molecular weight excluding hydrogens is 1290 g/mol. The first-order chi connectivity index (χ1) is 47.5. The fourth-order valence-corrected chi connectivity index (χ4v) is 16.5. The number of hydrogen-bond donors (Lipinski definition) is 4. The monoisotopic (exact) mass is 1460 g/mol. The molecule has 0 aromatic rings. The predicted molar refractivity (Wildman–Crippen MR) is 427 cm³/mol. The van der Waals surface area contributed by atoms with Crippen molar-refractivity contribution >= 4 is 15.6 Å². The van der Waals surface area contributed by atoms with Crippen molar-refractivity contribution in [3.05, 3.63) is 0 Å². The zero-order valence-electron chi connectivity index (χ0n) is 69.1. The first-order valence-electron chi connectivity index (χ1n) is 43.2. The molecule has 12 nitrogen and oxygen atoms in total. The molecule has 1 rings (SSSR count). The van der Waals surface area contributed by atoms with Gasteiger partial charge in [0.1, 0.15) is 12.2 Å². The number of phosphoric acid groups is 2. The molecule has 1 saturated heterocycles. The maximum Gasteiger partial charge on any atom is 0.469 e. The third kappa shape index (κ3) is 64.1. The molecule has 1 heterocycles. The highest BCUT2D eigenvalue weighted by Crippen LogP contribution is 2.38. The SMILES string of the molecule is C[C@@H]1CCC[C@H](C)CCC[C@H](C)CC[C@@H](C)CCC[C@@H](C)CCC[C@@H](C)CCC[C@@H](C)CCO[C@H](COP(=O)(O)O)COCC[C@H](C)CCC[C@H](C)CCC[C@H](C)CCC[C@H](C)CC[C@@H](C)CCC[C@@H](C)CCC[C@@H](C)CCC[C@@H](C)CCO[C@H](COP(=O)(O)O)COCC[C@H](C)CCC1. The van der Waals surface area contributed by atoms with Gasteiger partial charge in [0.2, 0.25) is 0 Å². The lowest BCUT2D eigenvalue weighted by atomic mass is 9.88. The van der Waals surface area contributed by atoms with Crippen molar-refractivity contribution < 1.29 is 56.7 Å². The van der Waals surface area contributed by atoms with E-state index in [0.29, 0.717) is 50.1 Å². The van der Waals surface area contributed by atoms with E-state index in [2.05, 4.69) is 111 Å². The zero-order valence-corrected chi connectivity index (χ0v) is 70.9. The standard InChI is InChI=1S/C86H174O12P2/c1-69-29-17-33-73(5)41-25-49-81(13)57-61-93-65-85(67-97-99(87,88)89)95-63-59-83(15)52-28-44-76(8)36-20-32-72(4)40-24-48-80(12)56-54-78(10)46-22-38-70(2)30-18-34-74(6)42-26-50-82(14)58-62-94-66-86(68-98-100(90,91)92)96-64-60-84(16)51-27-43-75(7)35-19-31-71(3)39-23-47-79(11)55-53-77(9)45-21-37-69/h69-86H,17-68H2,1-16H3,(H2,87,88,89)(H2,90,91,92)/t69-,70-,71-,72-,73+,74+,75+,76+,77-,78-,79-,80-,81+,82+,83+,84+,85-,86-/m0/s1. The summed E-state index contributed by atoms with van der Waals surface area (Å²) in [6, 6.07) is 0. The van der Waals surface area contributed by atoms with Crippen molar-refractivity contribution in [3.8, 4) is 0 Å². The van der Waals surface area contributed by atoms with E-state index in [1.807, 2.05) is 0 Å². The van der Waals surface area contributed by atoms with Crippen LogP contribution in [-0.2, 0) is 37.1 Å². The summed E-state index contributed by atoms with van der Waals surface area (Å²) in [6.07, 6.45) is 55.5. The Hall–Kier alpha value is 0.0600. The van der Waals surface area contributed by atoms with Gasteiger partial charge in [-0.2, -0.15) is 0 Å². The summed E-state index contributed by atoms with van der Waals surface area (Å²) < 4.78 is 57.4. The number of phosphoric ester groups is 2. The quantitative estimate of drug-likeness (QED) is 0.186. The lowest BCUT2D eigenvalue weighted by Crippen LogP contribution is -2.26. The van der Waals surface area contributed by atoms with Gasteiger partial charge in [-0.05, 0) is 120 Å². The third-order valence-corrected chi connectivity index (χ3v) is 24.9. The van der Waals surface area contributed by atoms with Crippen molar-refractivity contribution in [3.63, 3.8) is 0 Å². The van der Waals surface area contributed by atoms with E-state index in [4.69, 9.17) is 28.0 Å². The Morgan fingerprint density at radius 2 is 0.370 bits per heavy atom. The summed E-state index contributed by atoms with van der Waals surface area (Å²) in [5.74, 6) is 11.7. The first-order valence-corrected chi connectivity index (χ1v) is 46.3. The van der Waals surface area contributed by atoms with Crippen LogP contribution in [0.3, 0.4) is 0 Å². The summed E-state index contributed by atoms with van der Waals surface area (Å²) >= 11 is 0. The van der Waals surface area contributed by atoms with E-state index in [-0.39, 0.29) is 26.4 Å². The van der Waals surface area contributed by atoms with Crippen molar-refractivity contribution in [1.82, 2.24) is 0 Å². The molecule has 4 N–H and O–H groups in total. The van der Waals surface area contributed by atoms with Gasteiger partial charge in [0, 0.05) is 26.4 Å². The highest BCUT2D eigenvalue weighted by atomic mass is 31.2. The second-order valence-electron chi connectivity index (χ2n) is 35.9. The average Bonchev–Trinajstić information content (AvgIpc) is 1.26. The molecule has 0 spiro atoms. The predicted octanol–water partition coefficient (Wildman–Crippen LogP) is 26.4. The van der Waals surface area contributed by atoms with Gasteiger partial charge in [-0.3, -0.25) is 9.05 Å². The van der Waals surface area contributed by atoms with E-state index in [1.54, 1.807) is 0 Å². The molecule has 1 aliphatic rings. The van der Waals surface area contributed by atoms with E-state index < -0.39 is 27.9 Å². The highest BCUT2D eigenvalue weighted by Gasteiger charge is 2.23. The average molecular weight is 1460 g/mol. The number of rotatable bonds is 6. The van der Waals surface area contributed by atoms with Crippen LogP contribution in [-0.4, -0.2) is 84.6 Å². The minimum absolute atomic E-state index is 0.169. The molecule has 0 amide bonds. The fourth-order valence-electron chi connectivity index (χ4n) is 15.7. The van der Waals surface area contributed by atoms with Crippen LogP contribution in [0, 0.1) is 94.7 Å². The van der Waals surface area contributed by atoms with Crippen LogP contribution in [0.25, 0.3) is 0 Å². The van der Waals surface area contributed by atoms with Gasteiger partial charge in [-0.25, -0.2) is 9.13 Å². The highest BCUT2D eigenvalue weighted by molar-refractivity contribution is 7.46. The molecule has 0 aliphatic carbocycles. The maximum atomic E-state index is 11.6. The lowest BCUT2D eigenvalue weighted by molar-refractivity contribution is -0.0463. The summed E-state index contributed by atoms with van der Waals surface area (Å²) in [4.78, 5) is 37.8. The Morgan fingerprint density at radius 3 is 0.530 bits per heavy atom. The van der Waals surface area contributed by atoms with Crippen LogP contribution in [0.15, 0.2) is 0 Å². The molecular formula is C86H174O12P2. The van der Waals surface area contributed by atoms with Gasteiger partial charge in [-0.1, -0.05) is 368 Å². The zero-order chi connectivity index (χ0) is 74.4. The Bertz CT molecular complexity index is 1770. The molecule has 1 aliphatic heterocycles. The lowest BCUT2D eigenvalue weighted by Gasteiger charge is -2.21. The van der Waals surface area contributed by atoms with Crippen molar-refractivity contribution in [1.29, 1.82) is 0 Å². The summed E-state index contributed by atoms with van der Waals surface area (Å²) in [6.45, 7) is 41.4. The van der Waals surface area contributed by atoms with E-state index >= 15 is 0 Å². The molecule has 0 unspecified atom stereocenters. The molecule has 14 heteroatoms. The van der Waals surface area contributed by atoms with Crippen LogP contribution in [0.1, 0.15) is 393 Å². The van der Waals surface area contributed by atoms with Crippen LogP contribution in [0.2, 0.25) is 0 Å². The van der Waals surface area contributed by atoms with Gasteiger partial charge < -0.3 is 38.5 Å². The molecule has 600 valence electrons. The van der Waals surface area contributed by atoms with Crippen LogP contribution in [0.4, 0.5) is 0 Å².